The second-order valence-electron chi connectivity index (χ2n) is 7.26. The molecule has 0 bridgehead atoms. The van der Waals surface area contributed by atoms with E-state index in [2.05, 4.69) is 20.5 Å². The van der Waals surface area contributed by atoms with Crippen molar-refractivity contribution in [2.45, 2.75) is 44.1 Å². The van der Waals surface area contributed by atoms with Crippen LogP contribution in [0, 0.1) is 0 Å². The maximum absolute atomic E-state index is 12.4. The van der Waals surface area contributed by atoms with Gasteiger partial charge in [-0.1, -0.05) is 23.2 Å². The lowest BCUT2D eigenvalue weighted by Gasteiger charge is -2.23. The van der Waals surface area contributed by atoms with Crippen molar-refractivity contribution in [3.8, 4) is 11.4 Å². The van der Waals surface area contributed by atoms with E-state index in [0.717, 1.165) is 29.4 Å². The van der Waals surface area contributed by atoms with Crippen LogP contribution < -0.4 is 0 Å². The topological polar surface area (TPSA) is 89.9 Å². The van der Waals surface area contributed by atoms with Crippen molar-refractivity contribution < 1.29 is 9.32 Å². The average molecular weight is 352 g/mol. The number of fused-ring (bicyclic) bond motifs is 1. The normalized spacial score (nSPS) is 21.3. The molecule has 0 N–H and O–H groups in total. The number of benzene rings is 1. The molecule has 3 heterocycles. The maximum Gasteiger partial charge on any atom is 0.232 e. The molecule has 2 aliphatic rings. The highest BCUT2D eigenvalue weighted by Gasteiger charge is 2.38. The molecule has 1 saturated heterocycles. The smallest absolute Gasteiger partial charge is 0.232 e. The van der Waals surface area contributed by atoms with E-state index in [1.807, 2.05) is 30.1 Å². The van der Waals surface area contributed by atoms with Gasteiger partial charge in [0.1, 0.15) is 5.52 Å². The summed E-state index contributed by atoms with van der Waals surface area (Å²) in [5.41, 5.74) is 2.58. The van der Waals surface area contributed by atoms with E-state index >= 15 is 0 Å². The Balaban J connectivity index is 1.38. The molecule has 5 rings (SSSR count). The summed E-state index contributed by atoms with van der Waals surface area (Å²) in [6.07, 6.45) is 5.13. The van der Waals surface area contributed by atoms with Gasteiger partial charge in [0, 0.05) is 31.6 Å². The van der Waals surface area contributed by atoms with E-state index in [-0.39, 0.29) is 11.8 Å². The van der Waals surface area contributed by atoms with E-state index in [1.165, 1.54) is 12.8 Å². The minimum Gasteiger partial charge on any atom is -0.339 e. The fourth-order valence-corrected chi connectivity index (χ4v) is 4.16. The second kappa shape index (κ2) is 5.89. The molecule has 2 aromatic heterocycles. The number of likely N-dealkylation sites (tertiary alicyclic amines) is 1. The average Bonchev–Trinajstić information content (AvgIpc) is 3.41. The van der Waals surface area contributed by atoms with Crippen LogP contribution in [0.3, 0.4) is 0 Å². The summed E-state index contributed by atoms with van der Waals surface area (Å²) in [7, 11) is 1.86. The standard InChI is InChI=1S/C18H20N6O2/c1-23-15-7-6-11(8-14(15)20-22-23)17-19-18(26-21-17)12-9-16(25)24(10-12)13-4-2-3-5-13/h6-8,12-13H,2-5,9-10H2,1H3/t12-/m0/s1. The first kappa shape index (κ1) is 15.5. The van der Waals surface area contributed by atoms with Crippen molar-refractivity contribution in [3.63, 3.8) is 0 Å². The summed E-state index contributed by atoms with van der Waals surface area (Å²) in [6.45, 7) is 0.689. The molecule has 1 atom stereocenters. The van der Waals surface area contributed by atoms with Crippen LogP contribution in [0.4, 0.5) is 0 Å². The van der Waals surface area contributed by atoms with Gasteiger partial charge in [0.25, 0.3) is 0 Å². The van der Waals surface area contributed by atoms with Crippen LogP contribution in [0.25, 0.3) is 22.4 Å². The zero-order valence-corrected chi connectivity index (χ0v) is 14.6. The Hall–Kier alpha value is -2.77. The van der Waals surface area contributed by atoms with Crippen molar-refractivity contribution in [1.82, 2.24) is 30.0 Å². The molecule has 1 aromatic carbocycles. The molecule has 134 valence electrons. The summed E-state index contributed by atoms with van der Waals surface area (Å²) in [4.78, 5) is 19.0. The highest BCUT2D eigenvalue weighted by molar-refractivity contribution is 5.80. The fourth-order valence-electron chi connectivity index (χ4n) is 4.16. The zero-order chi connectivity index (χ0) is 17.7. The van der Waals surface area contributed by atoms with Crippen molar-refractivity contribution >= 4 is 16.9 Å². The SMILES string of the molecule is Cn1nnc2cc(-c3noc([C@H]4CC(=O)N(C5CCCC5)C4)n3)ccc21. The number of carbonyl (C=O) groups excluding carboxylic acids is 1. The predicted octanol–water partition coefficient (Wildman–Crippen LogP) is 2.28. The molecule has 0 radical (unpaired) electrons. The van der Waals surface area contributed by atoms with Crippen LogP contribution in [0.1, 0.15) is 43.9 Å². The molecular weight excluding hydrogens is 332 g/mol. The van der Waals surface area contributed by atoms with Crippen LogP contribution in [-0.4, -0.2) is 48.5 Å². The summed E-state index contributed by atoms with van der Waals surface area (Å²) in [6, 6.07) is 6.18. The number of nitrogens with zero attached hydrogens (tertiary/aromatic N) is 6. The van der Waals surface area contributed by atoms with E-state index in [4.69, 9.17) is 4.52 Å². The van der Waals surface area contributed by atoms with Crippen LogP contribution >= 0.6 is 0 Å². The Bertz CT molecular complexity index is 971. The summed E-state index contributed by atoms with van der Waals surface area (Å²) >= 11 is 0. The molecule has 2 fully saturated rings. The predicted molar refractivity (Wildman–Crippen MR) is 93.1 cm³/mol. The molecule has 0 unspecified atom stereocenters. The van der Waals surface area contributed by atoms with Crippen LogP contribution in [0.15, 0.2) is 22.7 Å². The van der Waals surface area contributed by atoms with E-state index in [1.54, 1.807) is 4.68 Å². The van der Waals surface area contributed by atoms with Crippen LogP contribution in [0.2, 0.25) is 0 Å². The first-order valence-electron chi connectivity index (χ1n) is 9.12. The van der Waals surface area contributed by atoms with Gasteiger partial charge in [-0.15, -0.1) is 5.10 Å². The minimum absolute atomic E-state index is 0.00963. The molecular formula is C18H20N6O2. The number of aromatic nitrogens is 5. The van der Waals surface area contributed by atoms with Gasteiger partial charge in [0.15, 0.2) is 0 Å². The van der Waals surface area contributed by atoms with Gasteiger partial charge >= 0.3 is 0 Å². The Kier molecular flexibility index (Phi) is 3.51. The van der Waals surface area contributed by atoms with Crippen LogP contribution in [-0.2, 0) is 11.8 Å². The van der Waals surface area contributed by atoms with Crippen molar-refractivity contribution in [3.05, 3.63) is 24.1 Å². The number of amides is 1. The quantitative estimate of drug-likeness (QED) is 0.718. The van der Waals surface area contributed by atoms with E-state index in [0.29, 0.717) is 30.7 Å². The fraction of sp³-hybridized carbons (Fsp3) is 0.500. The van der Waals surface area contributed by atoms with Gasteiger partial charge in [0.05, 0.1) is 11.4 Å². The number of rotatable bonds is 3. The monoisotopic (exact) mass is 352 g/mol. The maximum atomic E-state index is 12.4. The van der Waals surface area contributed by atoms with Crippen LogP contribution in [0.5, 0.6) is 0 Å². The lowest BCUT2D eigenvalue weighted by molar-refractivity contribution is -0.129. The first-order chi connectivity index (χ1) is 12.7. The first-order valence-corrected chi connectivity index (χ1v) is 9.12. The number of aryl methyl sites for hydroxylation is 1. The van der Waals surface area contributed by atoms with Gasteiger partial charge in [-0.3, -0.25) is 4.79 Å². The molecule has 8 nitrogen and oxygen atoms in total. The minimum atomic E-state index is -0.00963. The van der Waals surface area contributed by atoms with Gasteiger partial charge in [-0.25, -0.2) is 4.68 Å². The van der Waals surface area contributed by atoms with Gasteiger partial charge < -0.3 is 9.42 Å². The summed E-state index contributed by atoms with van der Waals surface area (Å²) in [5.74, 6) is 1.28. The largest absolute Gasteiger partial charge is 0.339 e. The zero-order valence-electron chi connectivity index (χ0n) is 14.6. The Morgan fingerprint density at radius 3 is 2.92 bits per heavy atom. The molecule has 8 heteroatoms. The second-order valence-corrected chi connectivity index (χ2v) is 7.26. The molecule has 3 aromatic rings. The molecule has 1 saturated carbocycles. The molecule has 26 heavy (non-hydrogen) atoms. The third-order valence-electron chi connectivity index (χ3n) is 5.58. The molecule has 0 spiro atoms. The van der Waals surface area contributed by atoms with Gasteiger partial charge in [-0.2, -0.15) is 4.98 Å². The molecule has 1 aliphatic carbocycles. The number of hydrogen-bond donors (Lipinski definition) is 0. The van der Waals surface area contributed by atoms with Gasteiger partial charge in [0.2, 0.25) is 17.6 Å². The van der Waals surface area contributed by atoms with Gasteiger partial charge in [-0.05, 0) is 31.0 Å². The highest BCUT2D eigenvalue weighted by Crippen LogP contribution is 2.34. The van der Waals surface area contributed by atoms with Crippen molar-refractivity contribution in [2.24, 2.45) is 7.05 Å². The van der Waals surface area contributed by atoms with Crippen molar-refractivity contribution in [2.75, 3.05) is 6.54 Å². The van der Waals surface area contributed by atoms with E-state index < -0.39 is 0 Å². The Morgan fingerprint density at radius 2 is 2.08 bits per heavy atom. The Labute approximate surface area is 150 Å². The van der Waals surface area contributed by atoms with Crippen molar-refractivity contribution in [1.29, 1.82) is 0 Å². The lowest BCUT2D eigenvalue weighted by Crippen LogP contribution is -2.34. The third kappa shape index (κ3) is 2.48. The van der Waals surface area contributed by atoms with E-state index in [9.17, 15) is 4.79 Å². The highest BCUT2D eigenvalue weighted by atomic mass is 16.5. The molecule has 1 aliphatic heterocycles. The Morgan fingerprint density at radius 1 is 1.23 bits per heavy atom. The molecule has 1 amide bonds. The lowest BCUT2D eigenvalue weighted by atomic mass is 10.1. The number of carbonyl (C=O) groups is 1. The number of hydrogen-bond acceptors (Lipinski definition) is 6. The summed E-state index contributed by atoms with van der Waals surface area (Å²) in [5, 5.41) is 12.3. The summed E-state index contributed by atoms with van der Waals surface area (Å²) < 4.78 is 7.22. The third-order valence-corrected chi connectivity index (χ3v) is 5.58.